The van der Waals surface area contributed by atoms with Gasteiger partial charge in [0.15, 0.2) is 0 Å². The quantitative estimate of drug-likeness (QED) is 0.578. The third-order valence-corrected chi connectivity index (χ3v) is 5.57. The van der Waals surface area contributed by atoms with Crippen molar-refractivity contribution in [3.05, 3.63) is 78.3 Å². The lowest BCUT2D eigenvalue weighted by molar-refractivity contribution is 0.0711. The molecule has 6 nitrogen and oxygen atoms in total. The van der Waals surface area contributed by atoms with E-state index in [1.807, 2.05) is 29.3 Å². The summed E-state index contributed by atoms with van der Waals surface area (Å²) < 4.78 is 14.9. The molecule has 0 saturated carbocycles. The number of nitrogens with one attached hydrogen (secondary N) is 1. The van der Waals surface area contributed by atoms with Crippen molar-refractivity contribution in [3.8, 4) is 11.3 Å². The minimum atomic E-state index is -0.252. The molecule has 0 spiro atoms. The van der Waals surface area contributed by atoms with Gasteiger partial charge in [0.25, 0.3) is 5.91 Å². The highest BCUT2D eigenvalue weighted by atomic mass is 19.1. The average Bonchev–Trinajstić information content (AvgIpc) is 3.43. The van der Waals surface area contributed by atoms with Crippen molar-refractivity contribution in [2.24, 2.45) is 0 Å². The Morgan fingerprint density at radius 2 is 1.90 bits per heavy atom. The van der Waals surface area contributed by atoms with E-state index in [4.69, 9.17) is 0 Å². The lowest BCUT2D eigenvalue weighted by Crippen LogP contribution is -2.38. The third-order valence-electron chi connectivity index (χ3n) is 5.57. The molecule has 1 aliphatic heterocycles. The Morgan fingerprint density at radius 3 is 2.69 bits per heavy atom. The molecule has 4 heterocycles. The Hall–Kier alpha value is -3.48. The predicted octanol–water partition coefficient (Wildman–Crippen LogP) is 3.88. The number of likely N-dealkylation sites (tertiary alicyclic amines) is 1. The molecule has 0 radical (unpaired) electrons. The van der Waals surface area contributed by atoms with Crippen LogP contribution in [0.2, 0.25) is 0 Å². The zero-order valence-electron chi connectivity index (χ0n) is 15.8. The van der Waals surface area contributed by atoms with Crippen LogP contribution in [-0.2, 0) is 0 Å². The van der Waals surface area contributed by atoms with Crippen LogP contribution in [0.25, 0.3) is 16.8 Å². The predicted molar refractivity (Wildman–Crippen MR) is 107 cm³/mol. The van der Waals surface area contributed by atoms with Gasteiger partial charge in [-0.25, -0.2) is 13.9 Å². The number of nitrogens with zero attached hydrogens (tertiary/aromatic N) is 4. The maximum atomic E-state index is 13.1. The summed E-state index contributed by atoms with van der Waals surface area (Å²) in [5.74, 6) is 1.01. The molecular weight excluding hydrogens is 369 g/mol. The number of carbonyl (C=O) groups excluding carboxylic acids is 1. The van der Waals surface area contributed by atoms with Crippen LogP contribution in [0.15, 0.2) is 61.1 Å². The summed E-state index contributed by atoms with van der Waals surface area (Å²) in [5.41, 5.74) is 3.39. The fraction of sp³-hybridized carbons (Fsp3) is 0.227. The van der Waals surface area contributed by atoms with Gasteiger partial charge in [0, 0.05) is 37.0 Å². The normalized spacial score (nSPS) is 15.1. The molecule has 1 N–H and O–H groups in total. The highest BCUT2D eigenvalue weighted by Gasteiger charge is 2.26. The molecule has 0 unspecified atom stereocenters. The van der Waals surface area contributed by atoms with Gasteiger partial charge in [-0.05, 0) is 60.9 Å². The molecule has 0 atom stereocenters. The van der Waals surface area contributed by atoms with Crippen LogP contribution in [0.1, 0.15) is 34.9 Å². The van der Waals surface area contributed by atoms with Crippen molar-refractivity contribution in [2.75, 3.05) is 13.1 Å². The van der Waals surface area contributed by atoms with E-state index in [0.29, 0.717) is 18.7 Å². The van der Waals surface area contributed by atoms with E-state index in [2.05, 4.69) is 15.1 Å². The maximum absolute atomic E-state index is 13.1. The summed E-state index contributed by atoms with van der Waals surface area (Å²) in [4.78, 5) is 22.7. The van der Waals surface area contributed by atoms with Crippen LogP contribution in [-0.4, -0.2) is 43.5 Å². The first kappa shape index (κ1) is 17.6. The lowest BCUT2D eigenvalue weighted by atomic mass is 9.95. The van der Waals surface area contributed by atoms with Crippen LogP contribution >= 0.6 is 0 Å². The van der Waals surface area contributed by atoms with Gasteiger partial charge >= 0.3 is 0 Å². The fourth-order valence-corrected chi connectivity index (χ4v) is 3.91. The number of hydrogen-bond donors (Lipinski definition) is 1. The summed E-state index contributed by atoms with van der Waals surface area (Å²) in [6.45, 7) is 1.39. The van der Waals surface area contributed by atoms with Gasteiger partial charge in [0.05, 0.1) is 17.4 Å². The Kier molecular flexibility index (Phi) is 4.35. The number of pyridine rings is 1. The van der Waals surface area contributed by atoms with Crippen molar-refractivity contribution in [1.29, 1.82) is 0 Å². The smallest absolute Gasteiger partial charge is 0.253 e. The summed E-state index contributed by atoms with van der Waals surface area (Å²) in [6, 6.07) is 12.0. The molecule has 0 bridgehead atoms. The molecule has 3 aromatic heterocycles. The Labute approximate surface area is 167 Å². The molecular formula is C22H20FN5O. The third kappa shape index (κ3) is 3.40. The van der Waals surface area contributed by atoms with Crippen molar-refractivity contribution in [2.45, 2.75) is 18.8 Å². The molecule has 1 aromatic carbocycles. The van der Waals surface area contributed by atoms with E-state index in [0.717, 1.165) is 35.4 Å². The number of H-pyrrole nitrogens is 1. The number of amides is 1. The number of benzene rings is 1. The molecule has 146 valence electrons. The first-order valence-corrected chi connectivity index (χ1v) is 9.71. The number of fused-ring (bicyclic) bond motifs is 1. The minimum Gasteiger partial charge on any atom is -0.342 e. The molecule has 0 aliphatic carbocycles. The summed E-state index contributed by atoms with van der Waals surface area (Å²) >= 11 is 0. The monoisotopic (exact) mass is 389 g/mol. The second-order valence-corrected chi connectivity index (χ2v) is 7.37. The molecule has 4 aromatic rings. The second kappa shape index (κ2) is 7.16. The summed E-state index contributed by atoms with van der Waals surface area (Å²) in [5, 5.41) is 4.17. The highest BCUT2D eigenvalue weighted by molar-refractivity contribution is 5.95. The molecule has 5 rings (SSSR count). The van der Waals surface area contributed by atoms with E-state index in [9.17, 15) is 9.18 Å². The molecule has 29 heavy (non-hydrogen) atoms. The Balaban J connectivity index is 1.25. The van der Waals surface area contributed by atoms with Crippen molar-refractivity contribution in [1.82, 2.24) is 24.5 Å². The number of rotatable bonds is 3. The number of halogens is 1. The molecule has 1 amide bonds. The van der Waals surface area contributed by atoms with E-state index < -0.39 is 0 Å². The topological polar surface area (TPSA) is 66.3 Å². The second-order valence-electron chi connectivity index (χ2n) is 7.37. The molecule has 7 heteroatoms. The molecule has 1 aliphatic rings. The van der Waals surface area contributed by atoms with E-state index >= 15 is 0 Å². The number of hydrogen-bond acceptors (Lipinski definition) is 3. The van der Waals surface area contributed by atoms with Gasteiger partial charge in [-0.15, -0.1) is 0 Å². The summed E-state index contributed by atoms with van der Waals surface area (Å²) in [7, 11) is 0. The molecule has 1 saturated heterocycles. The van der Waals surface area contributed by atoms with Gasteiger partial charge in [-0.3, -0.25) is 4.79 Å². The van der Waals surface area contributed by atoms with E-state index in [-0.39, 0.29) is 17.6 Å². The van der Waals surface area contributed by atoms with Crippen LogP contribution in [0.5, 0.6) is 0 Å². The number of carbonyl (C=O) groups is 1. The maximum Gasteiger partial charge on any atom is 0.253 e. The number of aromatic amines is 1. The zero-order chi connectivity index (χ0) is 19.8. The summed E-state index contributed by atoms with van der Waals surface area (Å²) in [6.07, 6.45) is 7.04. The lowest BCUT2D eigenvalue weighted by Gasteiger charge is -2.31. The highest BCUT2D eigenvalue weighted by Crippen LogP contribution is 2.29. The van der Waals surface area contributed by atoms with Crippen molar-refractivity contribution < 1.29 is 9.18 Å². The van der Waals surface area contributed by atoms with Gasteiger partial charge < -0.3 is 9.88 Å². The van der Waals surface area contributed by atoms with Crippen LogP contribution in [0.4, 0.5) is 4.39 Å². The minimum absolute atomic E-state index is 0.0543. The van der Waals surface area contributed by atoms with Crippen LogP contribution < -0.4 is 0 Å². The van der Waals surface area contributed by atoms with E-state index in [1.165, 1.54) is 12.1 Å². The molecule has 1 fully saturated rings. The number of aromatic nitrogens is 4. The number of piperidine rings is 1. The Morgan fingerprint density at radius 1 is 1.10 bits per heavy atom. The largest absolute Gasteiger partial charge is 0.342 e. The van der Waals surface area contributed by atoms with Crippen LogP contribution in [0.3, 0.4) is 0 Å². The van der Waals surface area contributed by atoms with Gasteiger partial charge in [-0.2, -0.15) is 5.10 Å². The number of imidazole rings is 1. The van der Waals surface area contributed by atoms with Gasteiger partial charge in [0.1, 0.15) is 11.6 Å². The zero-order valence-corrected chi connectivity index (χ0v) is 15.8. The van der Waals surface area contributed by atoms with Gasteiger partial charge in [-0.1, -0.05) is 0 Å². The first-order valence-electron chi connectivity index (χ1n) is 9.71. The van der Waals surface area contributed by atoms with Gasteiger partial charge in [0.2, 0.25) is 0 Å². The Bertz CT molecular complexity index is 1160. The van der Waals surface area contributed by atoms with E-state index in [1.54, 1.807) is 29.0 Å². The average molecular weight is 389 g/mol. The SMILES string of the molecule is O=C(c1ccn2nccc2c1)N1CCC(c2ncc(-c3ccc(F)cc3)[nH]2)CC1. The first-order chi connectivity index (χ1) is 14.2. The van der Waals surface area contributed by atoms with Crippen LogP contribution in [0, 0.1) is 5.82 Å². The van der Waals surface area contributed by atoms with Crippen molar-refractivity contribution in [3.63, 3.8) is 0 Å². The standard InChI is InChI=1S/C22H20FN5O/c23-18-3-1-15(2-4-18)20-14-24-21(26-20)16-6-10-27(11-7-16)22(29)17-8-12-28-19(13-17)5-9-25-28/h1-5,8-9,12-14,16H,6-7,10-11H2,(H,24,26). The fourth-order valence-electron chi connectivity index (χ4n) is 3.91. The van der Waals surface area contributed by atoms with Crippen molar-refractivity contribution >= 4 is 11.4 Å².